The minimum absolute atomic E-state index is 0.00974. The number of nitrogens with one attached hydrogen (secondary N) is 1. The zero-order valence-corrected chi connectivity index (χ0v) is 10.9. The van der Waals surface area contributed by atoms with E-state index in [0.717, 1.165) is 24.3 Å². The van der Waals surface area contributed by atoms with Crippen LogP contribution in [0.2, 0.25) is 0 Å². The normalized spacial score (nSPS) is 16.2. The third-order valence-electron chi connectivity index (χ3n) is 3.13. The molecule has 1 aliphatic rings. The molecule has 1 aromatic rings. The Bertz CT molecular complexity index is 429. The Morgan fingerprint density at radius 3 is 2.94 bits per heavy atom. The maximum Gasteiger partial charge on any atom is 0.226 e. The van der Waals surface area contributed by atoms with Crippen molar-refractivity contribution in [2.75, 3.05) is 24.3 Å². The molecule has 5 heteroatoms. The van der Waals surface area contributed by atoms with Crippen molar-refractivity contribution in [3.8, 4) is 0 Å². The summed E-state index contributed by atoms with van der Waals surface area (Å²) in [5, 5.41) is 2.88. The van der Waals surface area contributed by atoms with Gasteiger partial charge < -0.3 is 16.0 Å². The van der Waals surface area contributed by atoms with Gasteiger partial charge in [-0.15, -0.1) is 0 Å². The first-order chi connectivity index (χ1) is 8.58. The van der Waals surface area contributed by atoms with Crippen molar-refractivity contribution in [3.05, 3.63) is 18.3 Å². The van der Waals surface area contributed by atoms with Crippen LogP contribution in [0.5, 0.6) is 0 Å². The van der Waals surface area contributed by atoms with Gasteiger partial charge in [0.15, 0.2) is 5.82 Å². The highest BCUT2D eigenvalue weighted by Gasteiger charge is 2.29. The van der Waals surface area contributed by atoms with E-state index in [9.17, 15) is 4.79 Å². The number of nitrogens with zero attached hydrogens (tertiary/aromatic N) is 2. The average Bonchev–Trinajstić information content (AvgIpc) is 3.12. The fourth-order valence-electron chi connectivity index (χ4n) is 1.96. The second-order valence-corrected chi connectivity index (χ2v) is 5.02. The lowest BCUT2D eigenvalue weighted by molar-refractivity contribution is -0.116. The smallest absolute Gasteiger partial charge is 0.226 e. The van der Waals surface area contributed by atoms with Crippen LogP contribution >= 0.6 is 0 Å². The molecule has 98 valence electrons. The van der Waals surface area contributed by atoms with Crippen molar-refractivity contribution >= 4 is 17.4 Å². The van der Waals surface area contributed by atoms with Gasteiger partial charge in [-0.2, -0.15) is 0 Å². The monoisotopic (exact) mass is 248 g/mol. The molecule has 0 radical (unpaired) electrons. The van der Waals surface area contributed by atoms with E-state index in [1.165, 1.54) is 0 Å². The van der Waals surface area contributed by atoms with E-state index >= 15 is 0 Å². The lowest BCUT2D eigenvalue weighted by Gasteiger charge is -2.17. The Labute approximate surface area is 107 Å². The summed E-state index contributed by atoms with van der Waals surface area (Å²) in [6.45, 7) is 0. The van der Waals surface area contributed by atoms with E-state index in [4.69, 9.17) is 5.73 Å². The summed E-state index contributed by atoms with van der Waals surface area (Å²) in [6, 6.07) is 3.65. The van der Waals surface area contributed by atoms with Gasteiger partial charge in [-0.25, -0.2) is 4.98 Å². The molecule has 18 heavy (non-hydrogen) atoms. The Kier molecular flexibility index (Phi) is 3.81. The van der Waals surface area contributed by atoms with Gasteiger partial charge in [0.25, 0.3) is 0 Å². The maximum atomic E-state index is 11.9. The molecule has 0 aromatic carbocycles. The maximum absolute atomic E-state index is 11.9. The molecule has 0 spiro atoms. The Morgan fingerprint density at radius 2 is 2.33 bits per heavy atom. The second kappa shape index (κ2) is 5.35. The number of anilines is 2. The molecule has 0 saturated heterocycles. The summed E-state index contributed by atoms with van der Waals surface area (Å²) in [5.41, 5.74) is 6.68. The predicted octanol–water partition coefficient (Wildman–Crippen LogP) is 1.21. The molecule has 1 heterocycles. The number of carbonyl (C=O) groups excluding carboxylic acids is 1. The molecule has 1 amide bonds. The van der Waals surface area contributed by atoms with Gasteiger partial charge in [0.2, 0.25) is 5.91 Å². The Balaban J connectivity index is 1.97. The largest absolute Gasteiger partial charge is 0.361 e. The fourth-order valence-corrected chi connectivity index (χ4v) is 1.96. The highest BCUT2D eigenvalue weighted by molar-refractivity contribution is 5.93. The summed E-state index contributed by atoms with van der Waals surface area (Å²) in [6.07, 6.45) is 4.40. The SMILES string of the molecule is CN(C)c1ncccc1NC(=O)CC(N)C1CC1. The van der Waals surface area contributed by atoms with Crippen LogP contribution in [0, 0.1) is 5.92 Å². The number of nitrogens with two attached hydrogens (primary N) is 1. The molecule has 3 N–H and O–H groups in total. The lowest BCUT2D eigenvalue weighted by atomic mass is 10.1. The molecule has 1 unspecified atom stereocenters. The number of amides is 1. The highest BCUT2D eigenvalue weighted by atomic mass is 16.1. The van der Waals surface area contributed by atoms with E-state index in [2.05, 4.69) is 10.3 Å². The number of aromatic nitrogens is 1. The van der Waals surface area contributed by atoms with Crippen molar-refractivity contribution < 1.29 is 4.79 Å². The third kappa shape index (κ3) is 3.20. The van der Waals surface area contributed by atoms with Crippen molar-refractivity contribution in [2.24, 2.45) is 11.7 Å². The Morgan fingerprint density at radius 1 is 1.61 bits per heavy atom. The van der Waals surface area contributed by atoms with Crippen LogP contribution in [-0.2, 0) is 4.79 Å². The standard InChI is InChI=1S/C13H20N4O/c1-17(2)13-11(4-3-7-15-13)16-12(18)8-10(14)9-5-6-9/h3-4,7,9-10H,5-6,8,14H2,1-2H3,(H,16,18). The number of pyridine rings is 1. The van der Waals surface area contributed by atoms with Gasteiger partial charge in [0.05, 0.1) is 5.69 Å². The third-order valence-corrected chi connectivity index (χ3v) is 3.13. The van der Waals surface area contributed by atoms with Gasteiger partial charge in [0, 0.05) is 32.8 Å². The molecule has 1 fully saturated rings. The molecule has 1 aromatic heterocycles. The summed E-state index contributed by atoms with van der Waals surface area (Å²) in [5.74, 6) is 1.26. The van der Waals surface area contributed by atoms with Gasteiger partial charge in [-0.05, 0) is 30.9 Å². The van der Waals surface area contributed by atoms with E-state index in [1.54, 1.807) is 6.20 Å². The average molecular weight is 248 g/mol. The topological polar surface area (TPSA) is 71.2 Å². The van der Waals surface area contributed by atoms with Crippen LogP contribution in [0.3, 0.4) is 0 Å². The van der Waals surface area contributed by atoms with E-state index in [0.29, 0.717) is 12.3 Å². The summed E-state index contributed by atoms with van der Waals surface area (Å²) in [7, 11) is 3.79. The molecule has 0 aliphatic heterocycles. The summed E-state index contributed by atoms with van der Waals surface area (Å²) < 4.78 is 0. The molecule has 1 atom stereocenters. The molecule has 5 nitrogen and oxygen atoms in total. The quantitative estimate of drug-likeness (QED) is 0.821. The minimum Gasteiger partial charge on any atom is -0.361 e. The summed E-state index contributed by atoms with van der Waals surface area (Å²) in [4.78, 5) is 18.0. The van der Waals surface area contributed by atoms with E-state index in [1.807, 2.05) is 31.1 Å². The highest BCUT2D eigenvalue weighted by Crippen LogP contribution is 2.33. The van der Waals surface area contributed by atoms with Crippen LogP contribution < -0.4 is 16.0 Å². The van der Waals surface area contributed by atoms with Crippen LogP contribution in [0.25, 0.3) is 0 Å². The zero-order valence-electron chi connectivity index (χ0n) is 10.9. The van der Waals surface area contributed by atoms with Crippen LogP contribution in [0.4, 0.5) is 11.5 Å². The molecule has 1 saturated carbocycles. The first-order valence-corrected chi connectivity index (χ1v) is 6.25. The van der Waals surface area contributed by atoms with Crippen molar-refractivity contribution in [3.63, 3.8) is 0 Å². The van der Waals surface area contributed by atoms with Crippen LogP contribution in [0.1, 0.15) is 19.3 Å². The lowest BCUT2D eigenvalue weighted by Crippen LogP contribution is -2.29. The molecule has 2 rings (SSSR count). The molecule has 1 aliphatic carbocycles. The van der Waals surface area contributed by atoms with E-state index in [-0.39, 0.29) is 11.9 Å². The van der Waals surface area contributed by atoms with Crippen molar-refractivity contribution in [1.82, 2.24) is 4.98 Å². The number of hydrogen-bond acceptors (Lipinski definition) is 4. The molecule has 0 bridgehead atoms. The number of carbonyl (C=O) groups is 1. The molecular formula is C13H20N4O. The van der Waals surface area contributed by atoms with Gasteiger partial charge in [-0.1, -0.05) is 0 Å². The van der Waals surface area contributed by atoms with Gasteiger partial charge >= 0.3 is 0 Å². The van der Waals surface area contributed by atoms with E-state index < -0.39 is 0 Å². The number of rotatable bonds is 5. The Hall–Kier alpha value is -1.62. The second-order valence-electron chi connectivity index (χ2n) is 5.02. The van der Waals surface area contributed by atoms with Gasteiger partial charge in [0.1, 0.15) is 0 Å². The minimum atomic E-state index is -0.0366. The van der Waals surface area contributed by atoms with Crippen molar-refractivity contribution in [2.45, 2.75) is 25.3 Å². The first-order valence-electron chi connectivity index (χ1n) is 6.25. The predicted molar refractivity (Wildman–Crippen MR) is 72.5 cm³/mol. The zero-order chi connectivity index (χ0) is 13.1. The molecular weight excluding hydrogens is 228 g/mol. The number of hydrogen-bond donors (Lipinski definition) is 2. The van der Waals surface area contributed by atoms with Gasteiger partial charge in [-0.3, -0.25) is 4.79 Å². The van der Waals surface area contributed by atoms with Crippen LogP contribution in [0.15, 0.2) is 18.3 Å². The summed E-state index contributed by atoms with van der Waals surface area (Å²) >= 11 is 0. The fraction of sp³-hybridized carbons (Fsp3) is 0.538. The van der Waals surface area contributed by atoms with Crippen LogP contribution in [-0.4, -0.2) is 31.0 Å². The first kappa shape index (κ1) is 12.8. The van der Waals surface area contributed by atoms with Crippen molar-refractivity contribution in [1.29, 1.82) is 0 Å².